The predicted octanol–water partition coefficient (Wildman–Crippen LogP) is 5.73. The van der Waals surface area contributed by atoms with E-state index in [0.717, 1.165) is 66.5 Å². The van der Waals surface area contributed by atoms with Crippen LogP contribution in [0.2, 0.25) is 5.02 Å². The minimum absolute atomic E-state index is 0.0257. The molecule has 0 amide bonds. The van der Waals surface area contributed by atoms with Crippen LogP contribution < -0.4 is 4.74 Å². The Bertz CT molecular complexity index is 989. The molecule has 1 aromatic carbocycles. The molecule has 2 aliphatic rings. The van der Waals surface area contributed by atoms with Crippen molar-refractivity contribution in [2.75, 3.05) is 27.8 Å². The number of pyridine rings is 1. The molecule has 166 valence electrons. The van der Waals surface area contributed by atoms with Crippen LogP contribution >= 0.6 is 27.5 Å². The molecule has 4 rings (SSSR count). The molecular weight excluding hydrogens is 480 g/mol. The molecule has 0 aliphatic heterocycles. The van der Waals surface area contributed by atoms with E-state index < -0.39 is 0 Å². The van der Waals surface area contributed by atoms with Gasteiger partial charge in [0.05, 0.1) is 30.4 Å². The van der Waals surface area contributed by atoms with E-state index in [9.17, 15) is 4.79 Å². The van der Waals surface area contributed by atoms with Gasteiger partial charge in [-0.25, -0.2) is 4.98 Å². The zero-order valence-corrected chi connectivity index (χ0v) is 20.6. The van der Waals surface area contributed by atoms with Crippen LogP contribution in [0.1, 0.15) is 37.7 Å². The number of ether oxygens (including phenoxy) is 2. The first-order chi connectivity index (χ1) is 14.8. The number of halogens is 2. The average molecular weight is 508 g/mol. The predicted molar refractivity (Wildman–Crippen MR) is 125 cm³/mol. The maximum Gasteiger partial charge on any atom is 0.311 e. The highest BCUT2D eigenvalue weighted by atomic mass is 79.9. The lowest BCUT2D eigenvalue weighted by Crippen LogP contribution is -2.32. The van der Waals surface area contributed by atoms with Gasteiger partial charge in [-0.15, -0.1) is 0 Å². The summed E-state index contributed by atoms with van der Waals surface area (Å²) in [4.78, 5) is 19.4. The van der Waals surface area contributed by atoms with E-state index in [0.29, 0.717) is 10.9 Å². The van der Waals surface area contributed by atoms with Crippen molar-refractivity contribution in [3.63, 3.8) is 0 Å². The van der Waals surface area contributed by atoms with Crippen LogP contribution in [0.25, 0.3) is 11.3 Å². The summed E-state index contributed by atoms with van der Waals surface area (Å²) in [6.07, 6.45) is 5.00. The molecule has 2 fully saturated rings. The largest absolute Gasteiger partial charge is 0.481 e. The van der Waals surface area contributed by atoms with E-state index in [4.69, 9.17) is 26.1 Å². The second kappa shape index (κ2) is 8.72. The third-order valence-corrected chi connectivity index (χ3v) is 8.30. The Morgan fingerprint density at radius 2 is 1.94 bits per heavy atom. The maximum atomic E-state index is 12.3. The molecule has 0 spiro atoms. The van der Waals surface area contributed by atoms with Gasteiger partial charge in [0, 0.05) is 28.7 Å². The molecule has 2 saturated carbocycles. The van der Waals surface area contributed by atoms with Crippen molar-refractivity contribution in [1.29, 1.82) is 0 Å². The summed E-state index contributed by atoms with van der Waals surface area (Å²) in [5, 5.41) is 0.637. The van der Waals surface area contributed by atoms with E-state index in [1.165, 1.54) is 7.11 Å². The molecule has 2 aliphatic carbocycles. The van der Waals surface area contributed by atoms with Crippen LogP contribution in [0.3, 0.4) is 0 Å². The van der Waals surface area contributed by atoms with E-state index in [2.05, 4.69) is 33.9 Å². The molecule has 2 bridgehead atoms. The second-order valence-electron chi connectivity index (χ2n) is 9.09. The van der Waals surface area contributed by atoms with Crippen LogP contribution in [0.15, 0.2) is 34.8 Å². The lowest BCUT2D eigenvalue weighted by molar-refractivity contribution is -0.152. The minimum atomic E-state index is -0.250. The molecule has 0 saturated heterocycles. The van der Waals surface area contributed by atoms with Gasteiger partial charge in [0.15, 0.2) is 0 Å². The standard InChI is InChI=1S/C24H28BrClN2O3/c1-28(15-23-9-11-24(14-23,12-10-23)22(29)31-3)13-16-7-8-19(27-21(16)30-2)17-5-4-6-18(25)20(17)26/h4-8H,9-15H2,1-3H3. The molecule has 0 radical (unpaired) electrons. The number of nitrogens with zero attached hydrogens (tertiary/aromatic N) is 2. The molecule has 1 aromatic heterocycles. The van der Waals surface area contributed by atoms with Crippen molar-refractivity contribution in [3.05, 3.63) is 45.4 Å². The maximum absolute atomic E-state index is 12.3. The van der Waals surface area contributed by atoms with Crippen molar-refractivity contribution >= 4 is 33.5 Å². The number of hydrogen-bond donors (Lipinski definition) is 0. The highest BCUT2D eigenvalue weighted by molar-refractivity contribution is 9.10. The fraction of sp³-hybridized carbons (Fsp3) is 0.500. The number of hydrogen-bond acceptors (Lipinski definition) is 5. The van der Waals surface area contributed by atoms with Crippen molar-refractivity contribution in [2.45, 2.75) is 38.6 Å². The fourth-order valence-electron chi connectivity index (χ4n) is 5.57. The topological polar surface area (TPSA) is 51.7 Å². The third-order valence-electron chi connectivity index (χ3n) is 7.01. The number of rotatable bonds is 7. The third kappa shape index (κ3) is 4.22. The van der Waals surface area contributed by atoms with Crippen LogP contribution in [-0.2, 0) is 16.1 Å². The Morgan fingerprint density at radius 1 is 1.19 bits per heavy atom. The van der Waals surface area contributed by atoms with Crippen molar-refractivity contribution in [1.82, 2.24) is 9.88 Å². The SMILES string of the molecule is COC(=O)C12CCC(CN(C)Cc3ccc(-c4cccc(Br)c4Cl)nc3OC)(CC1)C2. The first-order valence-electron chi connectivity index (χ1n) is 10.6. The summed E-state index contributed by atoms with van der Waals surface area (Å²) < 4.78 is 11.6. The molecule has 7 heteroatoms. The Balaban J connectivity index is 1.48. The smallest absolute Gasteiger partial charge is 0.311 e. The zero-order valence-electron chi connectivity index (χ0n) is 18.2. The number of carbonyl (C=O) groups excluding carboxylic acids is 1. The van der Waals surface area contributed by atoms with Crippen molar-refractivity contribution in [2.24, 2.45) is 10.8 Å². The van der Waals surface area contributed by atoms with Gasteiger partial charge in [0.1, 0.15) is 0 Å². The number of carbonyl (C=O) groups is 1. The van der Waals surface area contributed by atoms with E-state index in [1.54, 1.807) is 7.11 Å². The van der Waals surface area contributed by atoms with Crippen LogP contribution in [0.4, 0.5) is 0 Å². The molecule has 0 N–H and O–H groups in total. The van der Waals surface area contributed by atoms with Gasteiger partial charge in [-0.05, 0) is 72.6 Å². The van der Waals surface area contributed by atoms with Gasteiger partial charge in [0.25, 0.3) is 0 Å². The molecule has 31 heavy (non-hydrogen) atoms. The quantitative estimate of drug-likeness (QED) is 0.448. The van der Waals surface area contributed by atoms with Crippen LogP contribution in [0, 0.1) is 10.8 Å². The molecular formula is C24H28BrClN2O3. The first-order valence-corrected chi connectivity index (χ1v) is 11.7. The van der Waals surface area contributed by atoms with E-state index in [-0.39, 0.29) is 16.8 Å². The summed E-state index contributed by atoms with van der Waals surface area (Å²) in [7, 11) is 5.28. The molecule has 2 aromatic rings. The monoisotopic (exact) mass is 506 g/mol. The highest BCUT2D eigenvalue weighted by Crippen LogP contribution is 2.62. The number of esters is 1. The zero-order chi connectivity index (χ0) is 22.2. The number of benzene rings is 1. The van der Waals surface area contributed by atoms with Gasteiger partial charge in [-0.3, -0.25) is 4.79 Å². The lowest BCUT2D eigenvalue weighted by Gasteiger charge is -2.32. The van der Waals surface area contributed by atoms with Crippen molar-refractivity contribution in [3.8, 4) is 17.1 Å². The summed E-state index contributed by atoms with van der Waals surface area (Å²) in [5.74, 6) is 0.585. The Morgan fingerprint density at radius 3 is 2.61 bits per heavy atom. The summed E-state index contributed by atoms with van der Waals surface area (Å²) in [6, 6.07) is 9.86. The second-order valence-corrected chi connectivity index (χ2v) is 10.3. The van der Waals surface area contributed by atoms with E-state index in [1.807, 2.05) is 24.3 Å². The number of aromatic nitrogens is 1. The highest BCUT2D eigenvalue weighted by Gasteiger charge is 2.58. The molecule has 0 atom stereocenters. The van der Waals surface area contributed by atoms with Gasteiger partial charge < -0.3 is 14.4 Å². The first kappa shape index (κ1) is 22.6. The molecule has 0 unspecified atom stereocenters. The van der Waals surface area contributed by atoms with Crippen LogP contribution in [-0.4, -0.2) is 43.7 Å². The number of methoxy groups -OCH3 is 2. The van der Waals surface area contributed by atoms with Crippen molar-refractivity contribution < 1.29 is 14.3 Å². The fourth-order valence-corrected chi connectivity index (χ4v) is 6.16. The van der Waals surface area contributed by atoms with Gasteiger partial charge in [0.2, 0.25) is 5.88 Å². The van der Waals surface area contributed by atoms with E-state index >= 15 is 0 Å². The minimum Gasteiger partial charge on any atom is -0.481 e. The van der Waals surface area contributed by atoms with Gasteiger partial charge in [-0.1, -0.05) is 29.8 Å². The Kier molecular flexibility index (Phi) is 6.35. The summed E-state index contributed by atoms with van der Waals surface area (Å²) in [6.45, 7) is 1.68. The molecule has 1 heterocycles. The van der Waals surface area contributed by atoms with Gasteiger partial charge >= 0.3 is 5.97 Å². The number of fused-ring (bicyclic) bond motifs is 2. The summed E-state index contributed by atoms with van der Waals surface area (Å²) >= 11 is 9.93. The normalized spacial score (nSPS) is 24.6. The average Bonchev–Trinajstić information content (AvgIpc) is 3.32. The Labute approximate surface area is 197 Å². The van der Waals surface area contributed by atoms with Crippen LogP contribution in [0.5, 0.6) is 5.88 Å². The molecule has 5 nitrogen and oxygen atoms in total. The Hall–Kier alpha value is -1.63. The summed E-state index contributed by atoms with van der Waals surface area (Å²) in [5.41, 5.74) is 2.63. The van der Waals surface area contributed by atoms with Gasteiger partial charge in [-0.2, -0.15) is 0 Å². The lowest BCUT2D eigenvalue weighted by atomic mass is 9.82.